The summed E-state index contributed by atoms with van der Waals surface area (Å²) in [5.41, 5.74) is 0.775. The van der Waals surface area contributed by atoms with Gasteiger partial charge in [-0.15, -0.1) is 0 Å². The minimum absolute atomic E-state index is 0.106. The monoisotopic (exact) mass is 344 g/mol. The average Bonchev–Trinajstić information content (AvgIpc) is 2.49. The summed E-state index contributed by atoms with van der Waals surface area (Å²) in [5, 5.41) is 12.3. The van der Waals surface area contributed by atoms with Crippen LogP contribution in [0.4, 0.5) is 18.0 Å². The number of carbonyl (C=O) groups excluding carboxylic acids is 1. The van der Waals surface area contributed by atoms with Crippen molar-refractivity contribution >= 4 is 6.03 Å². The van der Waals surface area contributed by atoms with Crippen LogP contribution >= 0.6 is 0 Å². The zero-order chi connectivity index (χ0) is 18.0. The Morgan fingerprint density at radius 1 is 1.29 bits per heavy atom. The number of halogens is 3. The molecule has 0 spiro atoms. The van der Waals surface area contributed by atoms with E-state index in [0.717, 1.165) is 11.1 Å². The highest BCUT2D eigenvalue weighted by molar-refractivity contribution is 5.74. The average molecular weight is 344 g/mol. The summed E-state index contributed by atoms with van der Waals surface area (Å²) in [5.74, 6) is 0. The summed E-state index contributed by atoms with van der Waals surface area (Å²) in [6.45, 7) is 4.23. The van der Waals surface area contributed by atoms with Crippen molar-refractivity contribution in [3.05, 3.63) is 34.9 Å². The fraction of sp³-hybridized carbons (Fsp3) is 0.588. The van der Waals surface area contributed by atoms with E-state index in [9.17, 15) is 23.1 Å². The van der Waals surface area contributed by atoms with Crippen molar-refractivity contribution in [2.45, 2.75) is 44.9 Å². The standard InChI is InChI=1S/C17H23F3N2O2/c1-12-3-4-14(13(2)11-12)5-8-21-15(23)22-9-6-16(24,7-10-22)17(18,19)20/h3-4,11,24H,5-10H2,1-2H3,(H,21,23). The number of carbonyl (C=O) groups is 1. The van der Waals surface area contributed by atoms with Crippen LogP contribution < -0.4 is 5.32 Å². The lowest BCUT2D eigenvalue weighted by molar-refractivity contribution is -0.271. The van der Waals surface area contributed by atoms with Crippen LogP contribution in [-0.2, 0) is 6.42 Å². The third-order valence-electron chi connectivity index (χ3n) is 4.57. The first kappa shape index (κ1) is 18.6. The number of hydrogen-bond donors (Lipinski definition) is 2. The lowest BCUT2D eigenvalue weighted by Gasteiger charge is -2.39. The van der Waals surface area contributed by atoms with Gasteiger partial charge in [-0.05, 0) is 31.4 Å². The van der Waals surface area contributed by atoms with Crippen LogP contribution in [0.3, 0.4) is 0 Å². The fourth-order valence-electron chi connectivity index (χ4n) is 2.91. The van der Waals surface area contributed by atoms with Gasteiger partial charge in [-0.3, -0.25) is 0 Å². The molecule has 2 N–H and O–H groups in total. The molecule has 0 bridgehead atoms. The molecule has 1 aliphatic heterocycles. The molecule has 1 saturated heterocycles. The van der Waals surface area contributed by atoms with Crippen molar-refractivity contribution in [2.24, 2.45) is 0 Å². The van der Waals surface area contributed by atoms with Crippen molar-refractivity contribution in [1.29, 1.82) is 0 Å². The van der Waals surface area contributed by atoms with E-state index in [-0.39, 0.29) is 19.1 Å². The van der Waals surface area contributed by atoms with E-state index in [1.165, 1.54) is 10.5 Å². The number of nitrogens with zero attached hydrogens (tertiary/aromatic N) is 1. The second-order valence-corrected chi connectivity index (χ2v) is 6.43. The van der Waals surface area contributed by atoms with Crippen LogP contribution in [0.25, 0.3) is 0 Å². The van der Waals surface area contributed by atoms with Crippen molar-refractivity contribution in [3.63, 3.8) is 0 Å². The number of nitrogens with one attached hydrogen (secondary N) is 1. The van der Waals surface area contributed by atoms with Crippen LogP contribution in [0.1, 0.15) is 29.5 Å². The summed E-state index contributed by atoms with van der Waals surface area (Å²) in [4.78, 5) is 13.4. The van der Waals surface area contributed by atoms with Gasteiger partial charge in [0, 0.05) is 32.5 Å². The molecule has 7 heteroatoms. The topological polar surface area (TPSA) is 52.6 Å². The predicted molar refractivity (Wildman–Crippen MR) is 84.8 cm³/mol. The largest absolute Gasteiger partial charge is 0.417 e. The van der Waals surface area contributed by atoms with Gasteiger partial charge in [0.25, 0.3) is 0 Å². The number of rotatable bonds is 3. The Morgan fingerprint density at radius 2 is 1.92 bits per heavy atom. The van der Waals surface area contributed by atoms with E-state index in [1.54, 1.807) is 0 Å². The Hall–Kier alpha value is -1.76. The van der Waals surface area contributed by atoms with Crippen LogP contribution in [0.15, 0.2) is 18.2 Å². The second kappa shape index (κ2) is 7.01. The van der Waals surface area contributed by atoms with Crippen LogP contribution in [0.2, 0.25) is 0 Å². The van der Waals surface area contributed by atoms with Gasteiger partial charge in [-0.2, -0.15) is 13.2 Å². The summed E-state index contributed by atoms with van der Waals surface area (Å²) in [7, 11) is 0. The molecule has 1 aliphatic rings. The minimum Gasteiger partial charge on any atom is -0.380 e. The molecule has 0 radical (unpaired) electrons. The van der Waals surface area contributed by atoms with Gasteiger partial charge in [0.05, 0.1) is 0 Å². The lowest BCUT2D eigenvalue weighted by Crippen LogP contribution is -2.55. The highest BCUT2D eigenvalue weighted by atomic mass is 19.4. The summed E-state index contributed by atoms with van der Waals surface area (Å²) in [6.07, 6.45) is -4.96. The molecule has 0 atom stereocenters. The molecular weight excluding hydrogens is 321 g/mol. The molecule has 1 aromatic carbocycles. The van der Waals surface area contributed by atoms with Gasteiger partial charge < -0.3 is 15.3 Å². The minimum atomic E-state index is -4.65. The van der Waals surface area contributed by atoms with Gasteiger partial charge in [0.2, 0.25) is 0 Å². The van der Waals surface area contributed by atoms with Gasteiger partial charge >= 0.3 is 12.2 Å². The van der Waals surface area contributed by atoms with E-state index in [0.29, 0.717) is 13.0 Å². The fourth-order valence-corrected chi connectivity index (χ4v) is 2.91. The first-order valence-corrected chi connectivity index (χ1v) is 8.00. The number of hydrogen-bond acceptors (Lipinski definition) is 2. The maximum Gasteiger partial charge on any atom is 0.417 e. The third kappa shape index (κ3) is 4.20. The number of benzene rings is 1. The number of urea groups is 1. The molecular formula is C17H23F3N2O2. The Balaban J connectivity index is 1.80. The maximum atomic E-state index is 12.7. The summed E-state index contributed by atoms with van der Waals surface area (Å²) in [6, 6.07) is 5.71. The maximum absolute atomic E-state index is 12.7. The molecule has 2 rings (SSSR count). The Labute approximate surface area is 139 Å². The van der Waals surface area contributed by atoms with Crippen LogP contribution in [-0.4, -0.2) is 47.4 Å². The van der Waals surface area contributed by atoms with Crippen molar-refractivity contribution in [3.8, 4) is 0 Å². The molecule has 2 amide bonds. The van der Waals surface area contributed by atoms with Crippen molar-refractivity contribution in [2.75, 3.05) is 19.6 Å². The summed E-state index contributed by atoms with van der Waals surface area (Å²) < 4.78 is 38.2. The normalized spacial score (nSPS) is 17.7. The molecule has 0 aliphatic carbocycles. The number of aryl methyl sites for hydroxylation is 2. The lowest BCUT2D eigenvalue weighted by atomic mass is 9.91. The smallest absolute Gasteiger partial charge is 0.380 e. The van der Waals surface area contributed by atoms with Crippen molar-refractivity contribution < 1.29 is 23.1 Å². The zero-order valence-corrected chi connectivity index (χ0v) is 13.9. The second-order valence-electron chi connectivity index (χ2n) is 6.43. The molecule has 1 aromatic rings. The molecule has 4 nitrogen and oxygen atoms in total. The van der Waals surface area contributed by atoms with E-state index >= 15 is 0 Å². The molecule has 24 heavy (non-hydrogen) atoms. The highest BCUT2D eigenvalue weighted by Gasteiger charge is 2.54. The number of aliphatic hydroxyl groups is 1. The Bertz CT molecular complexity index is 594. The summed E-state index contributed by atoms with van der Waals surface area (Å²) >= 11 is 0. The first-order chi connectivity index (χ1) is 11.1. The zero-order valence-electron chi connectivity index (χ0n) is 13.9. The first-order valence-electron chi connectivity index (χ1n) is 8.00. The van der Waals surface area contributed by atoms with E-state index < -0.39 is 24.6 Å². The van der Waals surface area contributed by atoms with E-state index in [4.69, 9.17) is 0 Å². The molecule has 1 heterocycles. The van der Waals surface area contributed by atoms with E-state index in [1.807, 2.05) is 26.0 Å². The Kier molecular flexibility index (Phi) is 5.42. The van der Waals surface area contributed by atoms with Gasteiger partial charge in [-0.1, -0.05) is 23.8 Å². The molecule has 0 aromatic heterocycles. The third-order valence-corrected chi connectivity index (χ3v) is 4.57. The van der Waals surface area contributed by atoms with Crippen molar-refractivity contribution in [1.82, 2.24) is 10.2 Å². The van der Waals surface area contributed by atoms with E-state index in [2.05, 4.69) is 11.4 Å². The predicted octanol–water partition coefficient (Wildman–Crippen LogP) is 2.94. The van der Waals surface area contributed by atoms with Gasteiger partial charge in [-0.25, -0.2) is 4.79 Å². The van der Waals surface area contributed by atoms with Gasteiger partial charge in [0.1, 0.15) is 0 Å². The number of alkyl halides is 3. The number of amides is 2. The number of likely N-dealkylation sites (tertiary alicyclic amines) is 1. The quantitative estimate of drug-likeness (QED) is 0.886. The van der Waals surface area contributed by atoms with Gasteiger partial charge in [0.15, 0.2) is 5.60 Å². The molecule has 134 valence electrons. The number of piperidine rings is 1. The van der Waals surface area contributed by atoms with Crippen LogP contribution in [0, 0.1) is 13.8 Å². The molecule has 0 saturated carbocycles. The SMILES string of the molecule is Cc1ccc(CCNC(=O)N2CCC(O)(C(F)(F)F)CC2)c(C)c1. The highest BCUT2D eigenvalue weighted by Crippen LogP contribution is 2.38. The Morgan fingerprint density at radius 3 is 2.46 bits per heavy atom. The molecule has 0 unspecified atom stereocenters. The van der Waals surface area contributed by atoms with Crippen LogP contribution in [0.5, 0.6) is 0 Å². The molecule has 1 fully saturated rings.